The molecular weight excluding hydrogens is 260 g/mol. The smallest absolute Gasteiger partial charge is 0.251 e. The van der Waals surface area contributed by atoms with Crippen molar-refractivity contribution >= 4 is 11.6 Å². The fourth-order valence-electron chi connectivity index (χ4n) is 2.93. The van der Waals surface area contributed by atoms with Gasteiger partial charge in [-0.3, -0.25) is 4.79 Å². The van der Waals surface area contributed by atoms with E-state index in [-0.39, 0.29) is 11.9 Å². The van der Waals surface area contributed by atoms with E-state index in [9.17, 15) is 4.79 Å². The Labute approximate surface area is 128 Å². The lowest BCUT2D eigenvalue weighted by Crippen LogP contribution is -2.33. The van der Waals surface area contributed by atoms with Crippen molar-refractivity contribution in [2.45, 2.75) is 58.9 Å². The van der Waals surface area contributed by atoms with Gasteiger partial charge in [0.25, 0.3) is 5.91 Å². The van der Waals surface area contributed by atoms with Crippen LogP contribution in [0.5, 0.6) is 0 Å². The molecule has 1 aromatic carbocycles. The molecule has 1 amide bonds. The zero-order valence-corrected chi connectivity index (χ0v) is 13.5. The predicted molar refractivity (Wildman–Crippen MR) is 88.9 cm³/mol. The quantitative estimate of drug-likeness (QED) is 0.831. The largest absolute Gasteiger partial charge is 0.385 e. The van der Waals surface area contributed by atoms with Gasteiger partial charge in [-0.25, -0.2) is 0 Å². The summed E-state index contributed by atoms with van der Waals surface area (Å²) in [6, 6.07) is 6.22. The van der Waals surface area contributed by atoms with Gasteiger partial charge in [-0.2, -0.15) is 0 Å². The van der Waals surface area contributed by atoms with Crippen molar-refractivity contribution in [2.24, 2.45) is 5.92 Å². The number of hydrogen-bond acceptors (Lipinski definition) is 2. The molecule has 1 heterocycles. The molecule has 1 aliphatic heterocycles. The number of nitrogens with one attached hydrogen (secondary N) is 2. The molecule has 0 saturated carbocycles. The number of benzene rings is 1. The third-order valence-electron chi connectivity index (χ3n) is 4.14. The van der Waals surface area contributed by atoms with Gasteiger partial charge in [-0.05, 0) is 49.8 Å². The highest BCUT2D eigenvalue weighted by Crippen LogP contribution is 2.25. The van der Waals surface area contributed by atoms with Crippen LogP contribution in [0.4, 0.5) is 5.69 Å². The Bertz CT molecular complexity index is 482. The van der Waals surface area contributed by atoms with E-state index >= 15 is 0 Å². The van der Waals surface area contributed by atoms with Crippen LogP contribution < -0.4 is 10.6 Å². The monoisotopic (exact) mass is 288 g/mol. The number of fused-ring (bicyclic) bond motifs is 1. The number of carbonyl (C=O) groups excluding carboxylic acids is 1. The summed E-state index contributed by atoms with van der Waals surface area (Å²) < 4.78 is 0. The number of carbonyl (C=O) groups is 1. The van der Waals surface area contributed by atoms with E-state index in [1.807, 2.05) is 12.1 Å². The van der Waals surface area contributed by atoms with Crippen molar-refractivity contribution in [3.05, 3.63) is 29.3 Å². The highest BCUT2D eigenvalue weighted by atomic mass is 16.1. The summed E-state index contributed by atoms with van der Waals surface area (Å²) in [5.74, 6) is 0.813. The van der Waals surface area contributed by atoms with Crippen LogP contribution in [0.1, 0.15) is 62.4 Å². The first-order chi connectivity index (χ1) is 10.1. The minimum absolute atomic E-state index is 0.0765. The Morgan fingerprint density at radius 3 is 2.86 bits per heavy atom. The van der Waals surface area contributed by atoms with Crippen molar-refractivity contribution in [2.75, 3.05) is 11.9 Å². The summed E-state index contributed by atoms with van der Waals surface area (Å²) in [5.41, 5.74) is 3.15. The first-order valence-corrected chi connectivity index (χ1v) is 8.24. The van der Waals surface area contributed by atoms with Crippen molar-refractivity contribution < 1.29 is 4.79 Å². The van der Waals surface area contributed by atoms with Crippen LogP contribution in [0.15, 0.2) is 18.2 Å². The molecule has 0 radical (unpaired) electrons. The van der Waals surface area contributed by atoms with Crippen LogP contribution in [0.25, 0.3) is 0 Å². The Morgan fingerprint density at radius 1 is 1.29 bits per heavy atom. The van der Waals surface area contributed by atoms with E-state index in [0.717, 1.165) is 43.0 Å². The average Bonchev–Trinajstić information content (AvgIpc) is 2.46. The zero-order chi connectivity index (χ0) is 15.2. The summed E-state index contributed by atoms with van der Waals surface area (Å²) in [7, 11) is 0. The first-order valence-electron chi connectivity index (χ1n) is 8.24. The molecule has 3 heteroatoms. The lowest BCUT2D eigenvalue weighted by atomic mass is 9.96. The summed E-state index contributed by atoms with van der Waals surface area (Å²) in [5, 5.41) is 6.53. The molecule has 2 N–H and O–H groups in total. The Balaban J connectivity index is 1.94. The third kappa shape index (κ3) is 4.48. The van der Waals surface area contributed by atoms with Gasteiger partial charge >= 0.3 is 0 Å². The molecule has 1 aliphatic rings. The van der Waals surface area contributed by atoms with Gasteiger partial charge in [0.2, 0.25) is 0 Å². The van der Waals surface area contributed by atoms with Crippen molar-refractivity contribution in [1.82, 2.24) is 5.32 Å². The van der Waals surface area contributed by atoms with Crippen LogP contribution in [0.2, 0.25) is 0 Å². The van der Waals surface area contributed by atoms with Crippen LogP contribution in [0, 0.1) is 5.92 Å². The lowest BCUT2D eigenvalue weighted by Gasteiger charge is -2.22. The maximum absolute atomic E-state index is 12.5. The van der Waals surface area contributed by atoms with E-state index in [4.69, 9.17) is 0 Å². The van der Waals surface area contributed by atoms with E-state index < -0.39 is 0 Å². The van der Waals surface area contributed by atoms with Crippen LogP contribution in [0.3, 0.4) is 0 Å². The number of hydrogen-bond donors (Lipinski definition) is 2. The topological polar surface area (TPSA) is 41.1 Å². The van der Waals surface area contributed by atoms with Gasteiger partial charge in [0.1, 0.15) is 0 Å². The second kappa shape index (κ2) is 7.48. The molecule has 1 aromatic rings. The van der Waals surface area contributed by atoms with Gasteiger partial charge in [-0.15, -0.1) is 0 Å². The first kappa shape index (κ1) is 15.9. The molecule has 0 fully saturated rings. The Morgan fingerprint density at radius 2 is 2.10 bits per heavy atom. The molecule has 0 aliphatic carbocycles. The highest BCUT2D eigenvalue weighted by molar-refractivity contribution is 5.97. The maximum Gasteiger partial charge on any atom is 0.251 e. The van der Waals surface area contributed by atoms with E-state index in [2.05, 4.69) is 37.5 Å². The highest BCUT2D eigenvalue weighted by Gasteiger charge is 2.18. The lowest BCUT2D eigenvalue weighted by molar-refractivity contribution is 0.0937. The maximum atomic E-state index is 12.5. The standard InChI is InChI=1S/C18H28N2O/c1-13(2)7-4-8-14(3)20-18(21)16-9-5-11-17-15(16)10-6-12-19-17/h5,9,11,13-14,19H,4,6-8,10,12H2,1-3H3,(H,20,21). The van der Waals surface area contributed by atoms with Crippen LogP contribution in [-0.2, 0) is 6.42 Å². The summed E-state index contributed by atoms with van der Waals surface area (Å²) >= 11 is 0. The molecule has 0 bridgehead atoms. The second-order valence-electron chi connectivity index (χ2n) is 6.56. The predicted octanol–water partition coefficient (Wildman–Crippen LogP) is 3.99. The molecule has 0 spiro atoms. The fraction of sp³-hybridized carbons (Fsp3) is 0.611. The summed E-state index contributed by atoms with van der Waals surface area (Å²) in [6.45, 7) is 7.59. The van der Waals surface area contributed by atoms with Crippen molar-refractivity contribution in [3.63, 3.8) is 0 Å². The third-order valence-corrected chi connectivity index (χ3v) is 4.14. The van der Waals surface area contributed by atoms with E-state index in [1.54, 1.807) is 0 Å². The molecule has 1 unspecified atom stereocenters. The summed E-state index contributed by atoms with van der Waals surface area (Å²) in [6.07, 6.45) is 5.55. The molecule has 1 atom stereocenters. The van der Waals surface area contributed by atoms with E-state index in [1.165, 1.54) is 18.4 Å². The summed E-state index contributed by atoms with van der Waals surface area (Å²) in [4.78, 5) is 12.5. The van der Waals surface area contributed by atoms with E-state index in [0.29, 0.717) is 0 Å². The Kier molecular flexibility index (Phi) is 5.66. The molecule has 0 aromatic heterocycles. The zero-order valence-electron chi connectivity index (χ0n) is 13.5. The molecule has 0 saturated heterocycles. The molecular formula is C18H28N2O. The minimum Gasteiger partial charge on any atom is -0.385 e. The normalized spacial score (nSPS) is 15.2. The van der Waals surface area contributed by atoms with Gasteiger partial charge in [0, 0.05) is 23.8 Å². The SMILES string of the molecule is CC(C)CCCC(C)NC(=O)c1cccc2c1CCCN2. The van der Waals surface area contributed by atoms with Gasteiger partial charge < -0.3 is 10.6 Å². The van der Waals surface area contributed by atoms with Crippen LogP contribution >= 0.6 is 0 Å². The number of anilines is 1. The van der Waals surface area contributed by atoms with Crippen molar-refractivity contribution in [3.8, 4) is 0 Å². The van der Waals surface area contributed by atoms with Gasteiger partial charge in [0.15, 0.2) is 0 Å². The number of rotatable bonds is 6. The number of amides is 1. The fourth-order valence-corrected chi connectivity index (χ4v) is 2.93. The molecule has 3 nitrogen and oxygen atoms in total. The van der Waals surface area contributed by atoms with Gasteiger partial charge in [-0.1, -0.05) is 32.8 Å². The second-order valence-corrected chi connectivity index (χ2v) is 6.56. The Hall–Kier alpha value is -1.51. The minimum atomic E-state index is 0.0765. The molecule has 21 heavy (non-hydrogen) atoms. The molecule has 2 rings (SSSR count). The van der Waals surface area contributed by atoms with Crippen molar-refractivity contribution in [1.29, 1.82) is 0 Å². The van der Waals surface area contributed by atoms with Gasteiger partial charge in [0.05, 0.1) is 0 Å². The molecule has 116 valence electrons. The van der Waals surface area contributed by atoms with Crippen LogP contribution in [-0.4, -0.2) is 18.5 Å². The average molecular weight is 288 g/mol.